The van der Waals surface area contributed by atoms with Crippen LogP contribution in [0.25, 0.3) is 0 Å². The van der Waals surface area contributed by atoms with Crippen LogP contribution >= 0.6 is 15.9 Å². The lowest BCUT2D eigenvalue weighted by Gasteiger charge is -2.08. The summed E-state index contributed by atoms with van der Waals surface area (Å²) in [7, 11) is 0. The second-order valence-electron chi connectivity index (χ2n) is 3.01. The van der Waals surface area contributed by atoms with E-state index >= 15 is 0 Å². The molecule has 2 nitrogen and oxygen atoms in total. The molecule has 72 valence electrons. The molecule has 0 bridgehead atoms. The number of hydrogen-bond donors (Lipinski definition) is 2. The quantitative estimate of drug-likeness (QED) is 0.856. The van der Waals surface area contributed by atoms with Crippen LogP contribution in [-0.4, -0.2) is 11.7 Å². The van der Waals surface area contributed by atoms with E-state index < -0.39 is 0 Å². The van der Waals surface area contributed by atoms with E-state index in [1.165, 1.54) is 0 Å². The van der Waals surface area contributed by atoms with E-state index in [1.54, 1.807) is 0 Å². The van der Waals surface area contributed by atoms with Crippen LogP contribution in [0.4, 0.5) is 0 Å². The summed E-state index contributed by atoms with van der Waals surface area (Å²) in [5.41, 5.74) is 1.84. The highest BCUT2D eigenvalue weighted by Crippen LogP contribution is 2.26. The van der Waals surface area contributed by atoms with Crippen molar-refractivity contribution in [2.45, 2.75) is 20.4 Å². The fraction of sp³-hybridized carbons (Fsp3) is 0.400. The monoisotopic (exact) mass is 243 g/mol. The van der Waals surface area contributed by atoms with Crippen LogP contribution in [-0.2, 0) is 6.54 Å². The molecule has 0 radical (unpaired) electrons. The maximum atomic E-state index is 9.69. The van der Waals surface area contributed by atoms with Gasteiger partial charge in [-0.3, -0.25) is 0 Å². The van der Waals surface area contributed by atoms with E-state index in [0.717, 1.165) is 22.1 Å². The lowest BCUT2D eigenvalue weighted by atomic mass is 10.1. The van der Waals surface area contributed by atoms with Crippen molar-refractivity contribution in [2.75, 3.05) is 6.54 Å². The Labute approximate surface area is 87.1 Å². The molecule has 0 fully saturated rings. The maximum Gasteiger partial charge on any atom is 0.123 e. The molecule has 0 aliphatic heterocycles. The Morgan fingerprint density at radius 2 is 2.15 bits per heavy atom. The summed E-state index contributed by atoms with van der Waals surface area (Å²) < 4.78 is 1.01. The molecule has 0 heterocycles. The van der Waals surface area contributed by atoms with E-state index in [0.29, 0.717) is 12.3 Å². The third-order valence-corrected chi connectivity index (χ3v) is 2.37. The molecular formula is C10H14BrNO. The first kappa shape index (κ1) is 10.5. The van der Waals surface area contributed by atoms with Crippen LogP contribution in [0.3, 0.4) is 0 Å². The number of hydrogen-bond acceptors (Lipinski definition) is 2. The highest BCUT2D eigenvalue weighted by molar-refractivity contribution is 9.10. The van der Waals surface area contributed by atoms with Crippen molar-refractivity contribution in [1.82, 2.24) is 5.32 Å². The minimum atomic E-state index is 0.393. The van der Waals surface area contributed by atoms with Crippen LogP contribution in [0.1, 0.15) is 18.1 Å². The lowest BCUT2D eigenvalue weighted by Crippen LogP contribution is -2.12. The number of aromatic hydroxyl groups is 1. The van der Waals surface area contributed by atoms with Crippen molar-refractivity contribution in [2.24, 2.45) is 0 Å². The van der Waals surface area contributed by atoms with Crippen molar-refractivity contribution < 1.29 is 5.11 Å². The predicted molar refractivity (Wildman–Crippen MR) is 57.9 cm³/mol. The summed E-state index contributed by atoms with van der Waals surface area (Å²) in [5.74, 6) is 0.393. The van der Waals surface area contributed by atoms with Crippen molar-refractivity contribution in [3.05, 3.63) is 27.7 Å². The largest absolute Gasteiger partial charge is 0.507 e. The van der Waals surface area contributed by atoms with Gasteiger partial charge in [-0.25, -0.2) is 0 Å². The second-order valence-corrected chi connectivity index (χ2v) is 3.93. The van der Waals surface area contributed by atoms with Crippen molar-refractivity contribution in [1.29, 1.82) is 0 Å². The molecule has 13 heavy (non-hydrogen) atoms. The van der Waals surface area contributed by atoms with Crippen LogP contribution in [0.5, 0.6) is 5.75 Å². The summed E-state index contributed by atoms with van der Waals surface area (Å²) in [4.78, 5) is 0. The Balaban J connectivity index is 2.92. The zero-order valence-electron chi connectivity index (χ0n) is 7.89. The molecular weight excluding hydrogens is 230 g/mol. The maximum absolute atomic E-state index is 9.69. The van der Waals surface area contributed by atoms with Gasteiger partial charge < -0.3 is 10.4 Å². The van der Waals surface area contributed by atoms with Gasteiger partial charge in [-0.15, -0.1) is 0 Å². The van der Waals surface area contributed by atoms with Gasteiger partial charge in [-0.2, -0.15) is 0 Å². The molecule has 1 aromatic carbocycles. The zero-order chi connectivity index (χ0) is 9.84. The van der Waals surface area contributed by atoms with Gasteiger partial charge in [-0.1, -0.05) is 22.9 Å². The summed E-state index contributed by atoms with van der Waals surface area (Å²) >= 11 is 3.40. The standard InChI is InChI=1S/C10H14BrNO/c1-3-12-6-8-5-9(11)4-7(2)10(8)13/h4-5,12-13H,3,6H2,1-2H3. The normalized spacial score (nSPS) is 10.4. The molecule has 1 rings (SSSR count). The summed E-state index contributed by atoms with van der Waals surface area (Å²) in [6, 6.07) is 3.84. The molecule has 0 amide bonds. The molecule has 0 saturated heterocycles. The number of halogens is 1. The smallest absolute Gasteiger partial charge is 0.123 e. The minimum absolute atomic E-state index is 0.393. The van der Waals surface area contributed by atoms with Gasteiger partial charge in [0, 0.05) is 16.6 Å². The van der Waals surface area contributed by atoms with Crippen molar-refractivity contribution in [3.8, 4) is 5.75 Å². The summed E-state index contributed by atoms with van der Waals surface area (Å²) in [5, 5.41) is 12.9. The fourth-order valence-electron chi connectivity index (χ4n) is 1.20. The Kier molecular flexibility index (Phi) is 3.75. The molecule has 1 aromatic rings. The van der Waals surface area contributed by atoms with E-state index in [4.69, 9.17) is 0 Å². The second kappa shape index (κ2) is 4.63. The van der Waals surface area contributed by atoms with Gasteiger partial charge in [0.25, 0.3) is 0 Å². The molecule has 0 spiro atoms. The molecule has 0 aromatic heterocycles. The topological polar surface area (TPSA) is 32.3 Å². The average Bonchev–Trinajstić information content (AvgIpc) is 2.09. The minimum Gasteiger partial charge on any atom is -0.507 e. The third-order valence-electron chi connectivity index (χ3n) is 1.91. The predicted octanol–water partition coefficient (Wildman–Crippen LogP) is 2.57. The van der Waals surface area contributed by atoms with E-state index in [2.05, 4.69) is 21.2 Å². The Hall–Kier alpha value is -0.540. The molecule has 3 heteroatoms. The molecule has 0 unspecified atom stereocenters. The van der Waals surface area contributed by atoms with Gasteiger partial charge in [0.05, 0.1) is 0 Å². The van der Waals surface area contributed by atoms with Gasteiger partial charge in [0.15, 0.2) is 0 Å². The SMILES string of the molecule is CCNCc1cc(Br)cc(C)c1O. The first-order chi connectivity index (χ1) is 6.15. The van der Waals surface area contributed by atoms with E-state index in [9.17, 15) is 5.11 Å². The highest BCUT2D eigenvalue weighted by Gasteiger charge is 2.04. The first-order valence-electron chi connectivity index (χ1n) is 4.34. The number of rotatable bonds is 3. The number of phenolic OH excluding ortho intramolecular Hbond substituents is 1. The van der Waals surface area contributed by atoms with Crippen LogP contribution in [0.15, 0.2) is 16.6 Å². The number of benzene rings is 1. The van der Waals surface area contributed by atoms with Crippen LogP contribution < -0.4 is 5.32 Å². The third kappa shape index (κ3) is 2.71. The zero-order valence-corrected chi connectivity index (χ0v) is 9.48. The Morgan fingerprint density at radius 3 is 2.77 bits per heavy atom. The van der Waals surface area contributed by atoms with Gasteiger partial charge in [0.1, 0.15) is 5.75 Å². The molecule has 0 atom stereocenters. The van der Waals surface area contributed by atoms with Crippen molar-refractivity contribution >= 4 is 15.9 Å². The lowest BCUT2D eigenvalue weighted by molar-refractivity contribution is 0.460. The van der Waals surface area contributed by atoms with E-state index in [1.807, 2.05) is 26.0 Å². The highest BCUT2D eigenvalue weighted by atomic mass is 79.9. The Bertz CT molecular complexity index is 299. The first-order valence-corrected chi connectivity index (χ1v) is 5.13. The molecule has 2 N–H and O–H groups in total. The van der Waals surface area contributed by atoms with Crippen LogP contribution in [0, 0.1) is 6.92 Å². The van der Waals surface area contributed by atoms with Gasteiger partial charge in [0.2, 0.25) is 0 Å². The summed E-state index contributed by atoms with van der Waals surface area (Å²) in [6.07, 6.45) is 0. The molecule has 0 saturated carbocycles. The van der Waals surface area contributed by atoms with Crippen molar-refractivity contribution in [3.63, 3.8) is 0 Å². The summed E-state index contributed by atoms with van der Waals surface area (Å²) in [6.45, 7) is 5.56. The molecule has 0 aliphatic rings. The number of aryl methyl sites for hydroxylation is 1. The fourth-order valence-corrected chi connectivity index (χ4v) is 1.82. The van der Waals surface area contributed by atoms with Gasteiger partial charge >= 0.3 is 0 Å². The van der Waals surface area contributed by atoms with Crippen LogP contribution in [0.2, 0.25) is 0 Å². The molecule has 0 aliphatic carbocycles. The van der Waals surface area contributed by atoms with E-state index in [-0.39, 0.29) is 0 Å². The van der Waals surface area contributed by atoms with Gasteiger partial charge in [-0.05, 0) is 31.2 Å². The average molecular weight is 244 g/mol. The Morgan fingerprint density at radius 1 is 1.46 bits per heavy atom. The number of nitrogens with one attached hydrogen (secondary N) is 1. The number of phenols is 1.